The summed E-state index contributed by atoms with van der Waals surface area (Å²) in [5.74, 6) is 1.50. The zero-order valence-corrected chi connectivity index (χ0v) is 11.8. The second-order valence-electron chi connectivity index (χ2n) is 4.92. The molecule has 5 heteroatoms. The molecule has 0 amide bonds. The molecule has 0 aliphatic carbocycles. The van der Waals surface area contributed by atoms with Gasteiger partial charge in [0.15, 0.2) is 0 Å². The zero-order chi connectivity index (χ0) is 13.3. The monoisotopic (exact) mass is 264 g/mol. The van der Waals surface area contributed by atoms with Crippen molar-refractivity contribution in [3.8, 4) is 5.88 Å². The summed E-state index contributed by atoms with van der Waals surface area (Å²) in [5, 5.41) is 3.34. The summed E-state index contributed by atoms with van der Waals surface area (Å²) in [6, 6.07) is 1.87. The van der Waals surface area contributed by atoms with Crippen molar-refractivity contribution in [2.24, 2.45) is 0 Å². The van der Waals surface area contributed by atoms with Crippen molar-refractivity contribution in [3.63, 3.8) is 0 Å². The standard InChI is InChI=1S/C14H24N4O/c1-2-10-19-14-11-13(16-12-17-14)15-6-9-18-7-4-3-5-8-18/h11-12H,2-10H2,1H3,(H,15,16,17). The molecule has 0 bridgehead atoms. The van der Waals surface area contributed by atoms with Crippen LogP contribution >= 0.6 is 0 Å². The van der Waals surface area contributed by atoms with Crippen LogP contribution in [-0.4, -0.2) is 47.7 Å². The second-order valence-corrected chi connectivity index (χ2v) is 4.92. The highest BCUT2D eigenvalue weighted by molar-refractivity contribution is 5.36. The number of rotatable bonds is 7. The third-order valence-corrected chi connectivity index (χ3v) is 3.28. The Kier molecular flexibility index (Phi) is 5.88. The molecule has 0 aromatic carbocycles. The second kappa shape index (κ2) is 7.94. The summed E-state index contributed by atoms with van der Waals surface area (Å²) in [6.07, 6.45) is 6.59. The Morgan fingerprint density at radius 3 is 2.89 bits per heavy atom. The van der Waals surface area contributed by atoms with Crippen LogP contribution in [0.25, 0.3) is 0 Å². The number of anilines is 1. The molecule has 106 valence electrons. The lowest BCUT2D eigenvalue weighted by molar-refractivity contribution is 0.237. The highest BCUT2D eigenvalue weighted by Crippen LogP contribution is 2.11. The normalized spacial score (nSPS) is 16.3. The third-order valence-electron chi connectivity index (χ3n) is 3.28. The van der Waals surface area contributed by atoms with Crippen molar-refractivity contribution in [1.82, 2.24) is 14.9 Å². The molecule has 2 rings (SSSR count). The van der Waals surface area contributed by atoms with Crippen LogP contribution < -0.4 is 10.1 Å². The van der Waals surface area contributed by atoms with E-state index < -0.39 is 0 Å². The van der Waals surface area contributed by atoms with E-state index in [1.807, 2.05) is 6.07 Å². The number of piperidine rings is 1. The lowest BCUT2D eigenvalue weighted by Gasteiger charge is -2.26. The fourth-order valence-electron chi connectivity index (χ4n) is 2.25. The van der Waals surface area contributed by atoms with Crippen LogP contribution in [0.2, 0.25) is 0 Å². The van der Waals surface area contributed by atoms with Gasteiger partial charge in [0.1, 0.15) is 12.1 Å². The molecule has 19 heavy (non-hydrogen) atoms. The molecule has 1 aromatic rings. The SMILES string of the molecule is CCCOc1cc(NCCN2CCCCC2)ncn1. The van der Waals surface area contributed by atoms with Gasteiger partial charge in [-0.1, -0.05) is 13.3 Å². The topological polar surface area (TPSA) is 50.3 Å². The van der Waals surface area contributed by atoms with Crippen LogP contribution in [0.5, 0.6) is 5.88 Å². The minimum Gasteiger partial charge on any atom is -0.478 e. The van der Waals surface area contributed by atoms with Gasteiger partial charge in [0, 0.05) is 19.2 Å². The number of hydrogen-bond acceptors (Lipinski definition) is 5. The van der Waals surface area contributed by atoms with Gasteiger partial charge in [0.2, 0.25) is 5.88 Å². The summed E-state index contributed by atoms with van der Waals surface area (Å²) in [6.45, 7) is 7.25. The van der Waals surface area contributed by atoms with E-state index in [4.69, 9.17) is 4.74 Å². The van der Waals surface area contributed by atoms with Gasteiger partial charge in [0.05, 0.1) is 6.61 Å². The van der Waals surface area contributed by atoms with E-state index in [1.54, 1.807) is 6.33 Å². The zero-order valence-electron chi connectivity index (χ0n) is 11.8. The molecule has 1 saturated heterocycles. The van der Waals surface area contributed by atoms with Gasteiger partial charge in [-0.2, -0.15) is 0 Å². The molecule has 1 N–H and O–H groups in total. The van der Waals surface area contributed by atoms with Crippen molar-refractivity contribution in [1.29, 1.82) is 0 Å². The van der Waals surface area contributed by atoms with E-state index in [1.165, 1.54) is 32.4 Å². The molecule has 0 radical (unpaired) electrons. The van der Waals surface area contributed by atoms with Gasteiger partial charge in [-0.3, -0.25) is 0 Å². The van der Waals surface area contributed by atoms with Gasteiger partial charge >= 0.3 is 0 Å². The van der Waals surface area contributed by atoms with Crippen molar-refractivity contribution in [2.75, 3.05) is 38.1 Å². The van der Waals surface area contributed by atoms with Gasteiger partial charge in [-0.05, 0) is 32.4 Å². The Balaban J connectivity index is 1.72. The first kappa shape index (κ1) is 14.1. The first-order chi connectivity index (χ1) is 9.38. The van der Waals surface area contributed by atoms with E-state index in [0.29, 0.717) is 12.5 Å². The fraction of sp³-hybridized carbons (Fsp3) is 0.714. The number of likely N-dealkylation sites (tertiary alicyclic amines) is 1. The number of nitrogens with one attached hydrogen (secondary N) is 1. The average Bonchev–Trinajstić information content (AvgIpc) is 2.47. The van der Waals surface area contributed by atoms with E-state index >= 15 is 0 Å². The van der Waals surface area contributed by atoms with Gasteiger partial charge in [-0.15, -0.1) is 0 Å². The summed E-state index contributed by atoms with van der Waals surface area (Å²) < 4.78 is 5.49. The maximum atomic E-state index is 5.49. The number of nitrogens with zero attached hydrogens (tertiary/aromatic N) is 3. The predicted octanol–water partition coefficient (Wildman–Crippen LogP) is 2.16. The Morgan fingerprint density at radius 2 is 2.11 bits per heavy atom. The van der Waals surface area contributed by atoms with E-state index in [2.05, 4.69) is 27.1 Å². The predicted molar refractivity (Wildman–Crippen MR) is 76.6 cm³/mol. The molecule has 5 nitrogen and oxygen atoms in total. The Hall–Kier alpha value is -1.36. The highest BCUT2D eigenvalue weighted by Gasteiger charge is 2.09. The van der Waals surface area contributed by atoms with Crippen molar-refractivity contribution in [3.05, 3.63) is 12.4 Å². The van der Waals surface area contributed by atoms with Gasteiger partial charge in [0.25, 0.3) is 0 Å². The number of ether oxygens (including phenoxy) is 1. The van der Waals surface area contributed by atoms with Crippen LogP contribution in [0.1, 0.15) is 32.6 Å². The largest absolute Gasteiger partial charge is 0.478 e. The molecule has 1 aliphatic heterocycles. The maximum absolute atomic E-state index is 5.49. The smallest absolute Gasteiger partial charge is 0.218 e. The molecule has 1 aliphatic rings. The third kappa shape index (κ3) is 5.03. The quantitative estimate of drug-likeness (QED) is 0.818. The lowest BCUT2D eigenvalue weighted by Crippen LogP contribution is -2.33. The molecule has 1 fully saturated rings. The number of hydrogen-bond donors (Lipinski definition) is 1. The minimum absolute atomic E-state index is 0.650. The van der Waals surface area contributed by atoms with Crippen LogP contribution in [0.4, 0.5) is 5.82 Å². The molecular formula is C14H24N4O. The summed E-state index contributed by atoms with van der Waals surface area (Å²) in [7, 11) is 0. The Morgan fingerprint density at radius 1 is 1.26 bits per heavy atom. The van der Waals surface area contributed by atoms with E-state index in [-0.39, 0.29) is 0 Å². The van der Waals surface area contributed by atoms with Gasteiger partial charge in [-0.25, -0.2) is 9.97 Å². The summed E-state index contributed by atoms with van der Waals surface area (Å²) in [4.78, 5) is 10.8. The lowest BCUT2D eigenvalue weighted by atomic mass is 10.1. The van der Waals surface area contributed by atoms with E-state index in [0.717, 1.165) is 25.3 Å². The average molecular weight is 264 g/mol. The van der Waals surface area contributed by atoms with Crippen molar-refractivity contribution < 1.29 is 4.74 Å². The molecular weight excluding hydrogens is 240 g/mol. The highest BCUT2D eigenvalue weighted by atomic mass is 16.5. The molecule has 2 heterocycles. The maximum Gasteiger partial charge on any atom is 0.218 e. The Labute approximate surface area is 115 Å². The summed E-state index contributed by atoms with van der Waals surface area (Å²) in [5.41, 5.74) is 0. The molecule has 0 spiro atoms. The molecule has 1 aromatic heterocycles. The fourth-order valence-corrected chi connectivity index (χ4v) is 2.25. The molecule has 0 unspecified atom stereocenters. The van der Waals surface area contributed by atoms with Crippen molar-refractivity contribution >= 4 is 5.82 Å². The Bertz CT molecular complexity index is 366. The first-order valence-electron chi connectivity index (χ1n) is 7.29. The van der Waals surface area contributed by atoms with Gasteiger partial charge < -0.3 is 15.0 Å². The molecule has 0 saturated carbocycles. The van der Waals surface area contributed by atoms with Crippen molar-refractivity contribution in [2.45, 2.75) is 32.6 Å². The number of aromatic nitrogens is 2. The first-order valence-corrected chi connectivity index (χ1v) is 7.29. The summed E-state index contributed by atoms with van der Waals surface area (Å²) >= 11 is 0. The minimum atomic E-state index is 0.650. The van der Waals surface area contributed by atoms with Crippen LogP contribution in [0, 0.1) is 0 Å². The van der Waals surface area contributed by atoms with Crippen LogP contribution in [-0.2, 0) is 0 Å². The van der Waals surface area contributed by atoms with Crippen LogP contribution in [0.15, 0.2) is 12.4 Å². The molecule has 0 atom stereocenters. The van der Waals surface area contributed by atoms with Crippen LogP contribution in [0.3, 0.4) is 0 Å². The van der Waals surface area contributed by atoms with E-state index in [9.17, 15) is 0 Å².